The lowest BCUT2D eigenvalue weighted by Crippen LogP contribution is -2.60. The fraction of sp³-hybridized carbons (Fsp3) is 0.656. The molecule has 0 saturated carbocycles. The zero-order chi connectivity index (χ0) is 34.4. The van der Waals surface area contributed by atoms with Gasteiger partial charge in [-0.15, -0.1) is 0 Å². The summed E-state index contributed by atoms with van der Waals surface area (Å²) in [5, 5.41) is 14.9. The van der Waals surface area contributed by atoms with E-state index in [0.717, 1.165) is 5.56 Å². The molecule has 0 bridgehead atoms. The standard InChI is InChI=1S/C32H51N5O8Si/c1-20(38)25(27(33)39)34-28(40)23-15-11-17-36(23)29(41)24-16-12-18-37(24)30(42)26(21(2)45-46(6,7)32(3,4)5)35-31(43)44-19-22-13-9-8-10-14-22/h8-10,13-14,20-21,23-26,38H,11-12,15-19H2,1-7H3,(H2,33,39)(H,34,40)(H,35,43)/t20-,21-,23+,24+,25+,26+/m1/s1. The fourth-order valence-corrected chi connectivity index (χ4v) is 7.04. The SMILES string of the molecule is C[C@@H](O)[C@H](NC(=O)[C@@H]1CCCN1C(=O)[C@@H]1CCCN1C(=O)[C@@H](NC(=O)OCc1ccccc1)[C@@H](C)O[Si](C)(C)C(C)(C)C)C(N)=O. The first-order chi connectivity index (χ1) is 21.4. The van der Waals surface area contributed by atoms with Crippen LogP contribution in [0.15, 0.2) is 30.3 Å². The molecule has 2 fully saturated rings. The summed E-state index contributed by atoms with van der Waals surface area (Å²) in [5.41, 5.74) is 6.13. The van der Waals surface area contributed by atoms with Gasteiger partial charge in [-0.25, -0.2) is 4.79 Å². The van der Waals surface area contributed by atoms with E-state index in [1.807, 2.05) is 30.3 Å². The second kappa shape index (κ2) is 15.4. The largest absolute Gasteiger partial charge is 0.445 e. The highest BCUT2D eigenvalue weighted by Gasteiger charge is 2.47. The van der Waals surface area contributed by atoms with Gasteiger partial charge < -0.3 is 40.4 Å². The van der Waals surface area contributed by atoms with Crippen molar-refractivity contribution in [1.29, 1.82) is 0 Å². The fourth-order valence-electron chi connectivity index (χ4n) is 5.62. The predicted molar refractivity (Wildman–Crippen MR) is 174 cm³/mol. The van der Waals surface area contributed by atoms with Gasteiger partial charge in [0.2, 0.25) is 23.6 Å². The van der Waals surface area contributed by atoms with Crippen molar-refractivity contribution in [2.24, 2.45) is 5.73 Å². The van der Waals surface area contributed by atoms with Crippen LogP contribution in [0.4, 0.5) is 4.79 Å². The molecular formula is C32H51N5O8Si. The summed E-state index contributed by atoms with van der Waals surface area (Å²) in [6, 6.07) is 5.00. The first-order valence-corrected chi connectivity index (χ1v) is 18.9. The zero-order valence-corrected chi connectivity index (χ0v) is 29.1. The third-order valence-electron chi connectivity index (χ3n) is 9.25. The van der Waals surface area contributed by atoms with Crippen LogP contribution in [0, 0.1) is 0 Å². The minimum Gasteiger partial charge on any atom is -0.445 e. The van der Waals surface area contributed by atoms with E-state index in [2.05, 4.69) is 44.5 Å². The van der Waals surface area contributed by atoms with Crippen LogP contribution in [0.3, 0.4) is 0 Å². The summed E-state index contributed by atoms with van der Waals surface area (Å²) in [6.45, 7) is 14.0. The zero-order valence-electron chi connectivity index (χ0n) is 28.1. The quantitative estimate of drug-likeness (QED) is 0.246. The highest BCUT2D eigenvalue weighted by molar-refractivity contribution is 6.74. The Morgan fingerprint density at radius 3 is 2.11 bits per heavy atom. The van der Waals surface area contributed by atoms with E-state index in [1.165, 1.54) is 16.7 Å². The number of likely N-dealkylation sites (tertiary alicyclic amines) is 2. The van der Waals surface area contributed by atoms with E-state index in [0.29, 0.717) is 32.2 Å². The predicted octanol–water partition coefficient (Wildman–Crippen LogP) is 2.02. The van der Waals surface area contributed by atoms with Gasteiger partial charge in [-0.1, -0.05) is 51.1 Å². The molecule has 5 amide bonds. The average molecular weight is 662 g/mol. The van der Waals surface area contributed by atoms with Crippen molar-refractivity contribution in [2.75, 3.05) is 13.1 Å². The van der Waals surface area contributed by atoms with Crippen LogP contribution in [0.5, 0.6) is 0 Å². The molecule has 2 aliphatic heterocycles. The maximum Gasteiger partial charge on any atom is 0.408 e. The molecule has 0 unspecified atom stereocenters. The topological polar surface area (TPSA) is 181 Å². The number of benzene rings is 1. The van der Waals surface area contributed by atoms with Crippen molar-refractivity contribution in [3.8, 4) is 0 Å². The molecule has 256 valence electrons. The average Bonchev–Trinajstić information content (AvgIpc) is 3.67. The Kier molecular flexibility index (Phi) is 12.4. The number of alkyl carbamates (subject to hydrolysis) is 1. The van der Waals surface area contributed by atoms with Gasteiger partial charge in [0.05, 0.1) is 12.2 Å². The number of hydrogen-bond donors (Lipinski definition) is 4. The molecule has 6 atom stereocenters. The number of aliphatic hydroxyl groups excluding tert-OH is 1. The lowest BCUT2D eigenvalue weighted by atomic mass is 10.1. The van der Waals surface area contributed by atoms with Crippen LogP contribution < -0.4 is 16.4 Å². The molecule has 1 aromatic carbocycles. The van der Waals surface area contributed by atoms with Crippen molar-refractivity contribution in [3.63, 3.8) is 0 Å². The van der Waals surface area contributed by atoms with Gasteiger partial charge in [0.25, 0.3) is 0 Å². The molecule has 3 rings (SSSR count). The number of carbonyl (C=O) groups excluding carboxylic acids is 5. The number of carbonyl (C=O) groups is 5. The van der Waals surface area contributed by atoms with Crippen LogP contribution >= 0.6 is 0 Å². The molecule has 46 heavy (non-hydrogen) atoms. The Labute approximate surface area is 272 Å². The van der Waals surface area contributed by atoms with Gasteiger partial charge >= 0.3 is 6.09 Å². The molecule has 13 nitrogen and oxygen atoms in total. The summed E-state index contributed by atoms with van der Waals surface area (Å²) >= 11 is 0. The smallest absolute Gasteiger partial charge is 0.408 e. The van der Waals surface area contributed by atoms with Crippen molar-refractivity contribution >= 4 is 38.0 Å². The Bertz CT molecular complexity index is 1250. The number of primary amides is 1. The Morgan fingerprint density at radius 2 is 1.54 bits per heavy atom. The summed E-state index contributed by atoms with van der Waals surface area (Å²) < 4.78 is 12.0. The molecule has 1 aromatic rings. The monoisotopic (exact) mass is 661 g/mol. The Morgan fingerprint density at radius 1 is 0.957 bits per heavy atom. The minimum atomic E-state index is -2.38. The lowest BCUT2D eigenvalue weighted by molar-refractivity contribution is -0.148. The van der Waals surface area contributed by atoms with E-state index in [-0.39, 0.29) is 24.1 Å². The number of nitrogens with two attached hydrogens (primary N) is 1. The van der Waals surface area contributed by atoms with Crippen LogP contribution in [0.2, 0.25) is 18.1 Å². The van der Waals surface area contributed by atoms with E-state index < -0.39 is 68.5 Å². The van der Waals surface area contributed by atoms with Crippen molar-refractivity contribution in [1.82, 2.24) is 20.4 Å². The van der Waals surface area contributed by atoms with Gasteiger partial charge in [-0.3, -0.25) is 19.2 Å². The highest BCUT2D eigenvalue weighted by Crippen LogP contribution is 2.38. The highest BCUT2D eigenvalue weighted by atomic mass is 28.4. The molecule has 0 aromatic heterocycles. The number of aliphatic hydroxyl groups is 1. The second-order valence-corrected chi connectivity index (χ2v) is 18.5. The maximum atomic E-state index is 14.2. The summed E-state index contributed by atoms with van der Waals surface area (Å²) in [4.78, 5) is 69.0. The number of amides is 5. The minimum absolute atomic E-state index is 0.0139. The van der Waals surface area contributed by atoms with Gasteiger partial charge in [0.1, 0.15) is 30.8 Å². The Hall–Kier alpha value is -3.49. The second-order valence-electron chi connectivity index (χ2n) is 13.8. The van der Waals surface area contributed by atoms with Gasteiger partial charge in [-0.05, 0) is 63.2 Å². The molecule has 14 heteroatoms. The van der Waals surface area contributed by atoms with E-state index >= 15 is 0 Å². The van der Waals surface area contributed by atoms with Crippen LogP contribution in [-0.4, -0.2) is 102 Å². The molecular weight excluding hydrogens is 610 g/mol. The molecule has 5 N–H and O–H groups in total. The Balaban J connectivity index is 1.81. The van der Waals surface area contributed by atoms with Crippen molar-refractivity contribution in [3.05, 3.63) is 35.9 Å². The molecule has 0 radical (unpaired) electrons. The van der Waals surface area contributed by atoms with E-state index in [1.54, 1.807) is 6.92 Å². The molecule has 0 spiro atoms. The first-order valence-electron chi connectivity index (χ1n) is 16.0. The third-order valence-corrected chi connectivity index (χ3v) is 13.8. The van der Waals surface area contributed by atoms with Crippen molar-refractivity contribution in [2.45, 2.75) is 121 Å². The van der Waals surface area contributed by atoms with Crippen LogP contribution in [-0.2, 0) is 34.9 Å². The van der Waals surface area contributed by atoms with Gasteiger partial charge in [-0.2, -0.15) is 0 Å². The number of rotatable bonds is 12. The van der Waals surface area contributed by atoms with E-state index in [4.69, 9.17) is 14.9 Å². The normalized spacial score (nSPS) is 21.2. The summed E-state index contributed by atoms with van der Waals surface area (Å²) in [7, 11) is -2.38. The molecule has 2 saturated heterocycles. The molecule has 2 aliphatic rings. The van der Waals surface area contributed by atoms with Gasteiger partial charge in [0.15, 0.2) is 8.32 Å². The van der Waals surface area contributed by atoms with Crippen LogP contribution in [0.25, 0.3) is 0 Å². The molecule has 2 heterocycles. The van der Waals surface area contributed by atoms with Crippen molar-refractivity contribution < 1.29 is 38.2 Å². The third kappa shape index (κ3) is 9.07. The molecule has 0 aliphatic carbocycles. The number of nitrogens with one attached hydrogen (secondary N) is 2. The lowest BCUT2D eigenvalue weighted by Gasteiger charge is -2.41. The van der Waals surface area contributed by atoms with Gasteiger partial charge in [0, 0.05) is 13.1 Å². The summed E-state index contributed by atoms with van der Waals surface area (Å²) in [6.07, 6.45) is -0.877. The first kappa shape index (κ1) is 37.0. The summed E-state index contributed by atoms with van der Waals surface area (Å²) in [5.74, 6) is -2.34. The maximum absolute atomic E-state index is 14.2. The number of nitrogens with zero attached hydrogens (tertiary/aromatic N) is 2. The number of hydrogen-bond acceptors (Lipinski definition) is 8. The van der Waals surface area contributed by atoms with E-state index in [9.17, 15) is 29.1 Å². The number of ether oxygens (including phenoxy) is 1. The van der Waals surface area contributed by atoms with Crippen LogP contribution in [0.1, 0.15) is 65.9 Å².